The number of aryl methyl sites for hydroxylation is 1. The van der Waals surface area contributed by atoms with Crippen LogP contribution in [0.2, 0.25) is 0 Å². The lowest BCUT2D eigenvalue weighted by Gasteiger charge is -2.29. The Kier molecular flexibility index (Phi) is 3.58. The Bertz CT molecular complexity index is 424. The minimum Gasteiger partial charge on any atom is -0.338 e. The van der Waals surface area contributed by atoms with Crippen molar-refractivity contribution in [2.75, 3.05) is 13.1 Å². The van der Waals surface area contributed by atoms with Crippen molar-refractivity contribution in [2.24, 2.45) is 12.8 Å². The topological polar surface area (TPSA) is 64.2 Å². The lowest BCUT2D eigenvalue weighted by Crippen LogP contribution is -2.45. The molecule has 2 N–H and O–H groups in total. The number of aromatic nitrogens is 2. The smallest absolute Gasteiger partial charge is 0.246 e. The summed E-state index contributed by atoms with van der Waals surface area (Å²) in [6.07, 6.45) is 7.09. The van der Waals surface area contributed by atoms with Crippen LogP contribution in [0.4, 0.5) is 0 Å². The highest BCUT2D eigenvalue weighted by Gasteiger charge is 2.19. The van der Waals surface area contributed by atoms with Crippen LogP contribution in [-0.2, 0) is 11.8 Å². The van der Waals surface area contributed by atoms with E-state index in [1.807, 2.05) is 13.1 Å². The minimum atomic E-state index is 0.0290. The number of carbonyl (C=O) groups excluding carboxylic acids is 1. The highest BCUT2D eigenvalue weighted by atomic mass is 16.2. The van der Waals surface area contributed by atoms with Gasteiger partial charge in [0.05, 0.1) is 5.69 Å². The van der Waals surface area contributed by atoms with Gasteiger partial charge in [-0.2, -0.15) is 5.10 Å². The zero-order valence-corrected chi connectivity index (χ0v) is 10.0. The van der Waals surface area contributed by atoms with Gasteiger partial charge in [-0.15, -0.1) is 0 Å². The third-order valence-electron chi connectivity index (χ3n) is 3.03. The lowest BCUT2D eigenvalue weighted by atomic mass is 10.1. The number of carbonyl (C=O) groups is 1. The van der Waals surface area contributed by atoms with Gasteiger partial charge in [-0.25, -0.2) is 0 Å². The van der Waals surface area contributed by atoms with E-state index < -0.39 is 0 Å². The Hall–Kier alpha value is -1.62. The van der Waals surface area contributed by atoms with Crippen molar-refractivity contribution < 1.29 is 4.79 Å². The van der Waals surface area contributed by atoms with Crippen molar-refractivity contribution in [3.05, 3.63) is 24.0 Å². The number of nitrogens with zero attached hydrogens (tertiary/aromatic N) is 3. The van der Waals surface area contributed by atoms with E-state index in [1.165, 1.54) is 0 Å². The monoisotopic (exact) mass is 234 g/mol. The standard InChI is InChI=1S/C12H18N4O/c1-15-11(6-7-14-15)4-5-12(17)16-8-2-3-10(13)9-16/h4-7,10H,2-3,8-9,13H2,1H3/b5-4+. The molecule has 0 radical (unpaired) electrons. The van der Waals surface area contributed by atoms with E-state index in [9.17, 15) is 4.79 Å². The normalized spacial score (nSPS) is 21.1. The van der Waals surface area contributed by atoms with Crippen molar-refractivity contribution in [3.8, 4) is 0 Å². The zero-order chi connectivity index (χ0) is 12.3. The second-order valence-corrected chi connectivity index (χ2v) is 4.40. The first-order valence-corrected chi connectivity index (χ1v) is 5.87. The number of likely N-dealkylation sites (tertiary alicyclic amines) is 1. The summed E-state index contributed by atoms with van der Waals surface area (Å²) >= 11 is 0. The van der Waals surface area contributed by atoms with Gasteiger partial charge in [0.2, 0.25) is 5.91 Å². The molecule has 0 bridgehead atoms. The highest BCUT2D eigenvalue weighted by Crippen LogP contribution is 2.09. The summed E-state index contributed by atoms with van der Waals surface area (Å²) in [4.78, 5) is 13.7. The first-order chi connectivity index (χ1) is 8.16. The molecule has 5 heteroatoms. The molecule has 1 unspecified atom stereocenters. The largest absolute Gasteiger partial charge is 0.338 e. The number of hydrogen-bond donors (Lipinski definition) is 1. The van der Waals surface area contributed by atoms with Crippen LogP contribution in [-0.4, -0.2) is 39.7 Å². The molecule has 2 rings (SSSR count). The van der Waals surface area contributed by atoms with Gasteiger partial charge in [-0.3, -0.25) is 9.48 Å². The van der Waals surface area contributed by atoms with Crippen LogP contribution < -0.4 is 5.73 Å². The third kappa shape index (κ3) is 2.94. The average molecular weight is 234 g/mol. The highest BCUT2D eigenvalue weighted by molar-refractivity contribution is 5.91. The van der Waals surface area contributed by atoms with E-state index in [0.717, 1.165) is 25.1 Å². The Morgan fingerprint density at radius 2 is 2.47 bits per heavy atom. The Labute approximate surface area is 101 Å². The molecule has 1 aromatic rings. The average Bonchev–Trinajstić information content (AvgIpc) is 2.72. The fourth-order valence-electron chi connectivity index (χ4n) is 2.02. The number of nitrogens with two attached hydrogens (primary N) is 1. The molecular formula is C12H18N4O. The van der Waals surface area contributed by atoms with Gasteiger partial charge in [-0.05, 0) is 25.0 Å². The van der Waals surface area contributed by atoms with Crippen LogP contribution in [0.15, 0.2) is 18.3 Å². The second-order valence-electron chi connectivity index (χ2n) is 4.40. The van der Waals surface area contributed by atoms with Gasteiger partial charge < -0.3 is 10.6 Å². The first kappa shape index (κ1) is 11.9. The van der Waals surface area contributed by atoms with Crippen LogP contribution >= 0.6 is 0 Å². The van der Waals surface area contributed by atoms with Crippen molar-refractivity contribution in [3.63, 3.8) is 0 Å². The molecule has 1 saturated heterocycles. The van der Waals surface area contributed by atoms with Gasteiger partial charge in [0.25, 0.3) is 0 Å². The second kappa shape index (κ2) is 5.14. The van der Waals surface area contributed by atoms with Crippen molar-refractivity contribution in [2.45, 2.75) is 18.9 Å². The van der Waals surface area contributed by atoms with Crippen LogP contribution in [0.1, 0.15) is 18.5 Å². The molecule has 0 aromatic carbocycles. The van der Waals surface area contributed by atoms with E-state index >= 15 is 0 Å². The van der Waals surface area contributed by atoms with E-state index in [1.54, 1.807) is 27.9 Å². The van der Waals surface area contributed by atoms with Crippen molar-refractivity contribution >= 4 is 12.0 Å². The van der Waals surface area contributed by atoms with Crippen LogP contribution in [0.3, 0.4) is 0 Å². The molecule has 0 spiro atoms. The molecule has 1 fully saturated rings. The first-order valence-electron chi connectivity index (χ1n) is 5.87. The van der Waals surface area contributed by atoms with Gasteiger partial charge in [0, 0.05) is 38.5 Å². The molecule has 0 aliphatic carbocycles. The molecule has 5 nitrogen and oxygen atoms in total. The molecule has 2 heterocycles. The van der Waals surface area contributed by atoms with E-state index in [2.05, 4.69) is 5.10 Å². The number of amides is 1. The Balaban J connectivity index is 1.97. The van der Waals surface area contributed by atoms with Crippen LogP contribution in [0, 0.1) is 0 Å². The van der Waals surface area contributed by atoms with E-state index in [0.29, 0.717) is 6.54 Å². The van der Waals surface area contributed by atoms with Gasteiger partial charge in [0.15, 0.2) is 0 Å². The summed E-state index contributed by atoms with van der Waals surface area (Å²) in [6, 6.07) is 1.99. The summed E-state index contributed by atoms with van der Waals surface area (Å²) in [7, 11) is 1.85. The molecule has 1 aromatic heterocycles. The summed E-state index contributed by atoms with van der Waals surface area (Å²) in [5.74, 6) is 0.0290. The summed E-state index contributed by atoms with van der Waals surface area (Å²) in [6.45, 7) is 1.47. The Morgan fingerprint density at radius 3 is 3.12 bits per heavy atom. The maximum atomic E-state index is 11.9. The van der Waals surface area contributed by atoms with Crippen LogP contribution in [0.5, 0.6) is 0 Å². The van der Waals surface area contributed by atoms with E-state index in [-0.39, 0.29) is 11.9 Å². The molecule has 0 saturated carbocycles. The SMILES string of the molecule is Cn1nccc1/C=C/C(=O)N1CCCC(N)C1. The molecule has 92 valence electrons. The van der Waals surface area contributed by atoms with Crippen molar-refractivity contribution in [1.82, 2.24) is 14.7 Å². The number of hydrogen-bond acceptors (Lipinski definition) is 3. The van der Waals surface area contributed by atoms with Gasteiger partial charge in [0.1, 0.15) is 0 Å². The fourth-order valence-corrected chi connectivity index (χ4v) is 2.02. The third-order valence-corrected chi connectivity index (χ3v) is 3.03. The molecule has 1 aliphatic rings. The quantitative estimate of drug-likeness (QED) is 0.753. The predicted octanol–water partition coefficient (Wildman–Crippen LogP) is 0.383. The number of rotatable bonds is 2. The van der Waals surface area contributed by atoms with Crippen LogP contribution in [0.25, 0.3) is 6.08 Å². The van der Waals surface area contributed by atoms with E-state index in [4.69, 9.17) is 5.73 Å². The summed E-state index contributed by atoms with van der Waals surface area (Å²) in [5, 5.41) is 4.04. The Morgan fingerprint density at radius 1 is 1.65 bits per heavy atom. The maximum absolute atomic E-state index is 11.9. The lowest BCUT2D eigenvalue weighted by molar-refractivity contribution is -0.127. The van der Waals surface area contributed by atoms with Gasteiger partial charge >= 0.3 is 0 Å². The minimum absolute atomic E-state index is 0.0290. The van der Waals surface area contributed by atoms with Gasteiger partial charge in [-0.1, -0.05) is 0 Å². The molecular weight excluding hydrogens is 216 g/mol. The molecule has 1 aliphatic heterocycles. The molecule has 1 amide bonds. The predicted molar refractivity (Wildman–Crippen MR) is 66.0 cm³/mol. The maximum Gasteiger partial charge on any atom is 0.246 e. The fraction of sp³-hybridized carbons (Fsp3) is 0.500. The molecule has 17 heavy (non-hydrogen) atoms. The summed E-state index contributed by atoms with van der Waals surface area (Å²) < 4.78 is 1.73. The van der Waals surface area contributed by atoms with Crippen molar-refractivity contribution in [1.29, 1.82) is 0 Å². The zero-order valence-electron chi connectivity index (χ0n) is 10.0. The number of piperidine rings is 1. The summed E-state index contributed by atoms with van der Waals surface area (Å²) in [5.41, 5.74) is 6.76. The molecule has 1 atom stereocenters.